The van der Waals surface area contributed by atoms with Crippen LogP contribution in [0, 0.1) is 6.92 Å². The number of ether oxygens (including phenoxy) is 2. The lowest BCUT2D eigenvalue weighted by Crippen LogP contribution is -2.13. The number of methoxy groups -OCH3 is 1. The highest BCUT2D eigenvalue weighted by molar-refractivity contribution is 5.79. The molecule has 2 aromatic carbocycles. The highest BCUT2D eigenvalue weighted by Crippen LogP contribution is 2.36. The highest BCUT2D eigenvalue weighted by Gasteiger charge is 2.24. The van der Waals surface area contributed by atoms with Crippen molar-refractivity contribution in [2.75, 3.05) is 13.7 Å². The number of nitrogens with one attached hydrogen (secondary N) is 1. The molecule has 0 aliphatic carbocycles. The van der Waals surface area contributed by atoms with Gasteiger partial charge in [0.05, 0.1) is 7.11 Å². The number of aryl methyl sites for hydroxylation is 1. The molecule has 3 rings (SSSR count). The summed E-state index contributed by atoms with van der Waals surface area (Å²) < 4.78 is 11.4. The number of carbonyl (C=O) groups is 1. The molecule has 0 aromatic heterocycles. The predicted octanol–water partition coefficient (Wildman–Crippen LogP) is 3.40. The topological polar surface area (TPSA) is 47.6 Å². The zero-order chi connectivity index (χ0) is 15.5. The van der Waals surface area contributed by atoms with Crippen molar-refractivity contribution >= 4 is 5.91 Å². The number of hydrogen-bond acceptors (Lipinski definition) is 3. The third-order valence-electron chi connectivity index (χ3n) is 3.95. The third kappa shape index (κ3) is 2.91. The number of benzene rings is 2. The first-order chi connectivity index (χ1) is 10.7. The minimum Gasteiger partial charge on any atom is -0.493 e. The van der Waals surface area contributed by atoms with Gasteiger partial charge in [-0.2, -0.15) is 0 Å². The Bertz CT molecular complexity index is 696. The van der Waals surface area contributed by atoms with Crippen molar-refractivity contribution in [3.05, 3.63) is 53.6 Å². The van der Waals surface area contributed by atoms with Crippen LogP contribution in [0.5, 0.6) is 17.2 Å². The van der Waals surface area contributed by atoms with Gasteiger partial charge in [-0.15, -0.1) is 0 Å². The number of rotatable bonds is 4. The Morgan fingerprint density at radius 3 is 2.59 bits per heavy atom. The van der Waals surface area contributed by atoms with Crippen LogP contribution < -0.4 is 14.8 Å². The predicted molar refractivity (Wildman–Crippen MR) is 84.6 cm³/mol. The zero-order valence-electron chi connectivity index (χ0n) is 12.8. The van der Waals surface area contributed by atoms with Gasteiger partial charge in [0, 0.05) is 18.9 Å². The molecule has 1 atom stereocenters. The number of hydrogen-bond donors (Lipinski definition) is 1. The molecule has 1 aliphatic rings. The van der Waals surface area contributed by atoms with E-state index in [0.29, 0.717) is 24.5 Å². The van der Waals surface area contributed by atoms with E-state index in [1.807, 2.05) is 49.4 Å². The van der Waals surface area contributed by atoms with Gasteiger partial charge in [-0.25, -0.2) is 0 Å². The summed E-state index contributed by atoms with van der Waals surface area (Å²) in [6.07, 6.45) is 0.524. The molecule has 1 heterocycles. The van der Waals surface area contributed by atoms with Crippen LogP contribution in [0.2, 0.25) is 0 Å². The third-order valence-corrected chi connectivity index (χ3v) is 3.95. The first kappa shape index (κ1) is 14.4. The van der Waals surface area contributed by atoms with E-state index < -0.39 is 0 Å². The van der Waals surface area contributed by atoms with Crippen LogP contribution in [0.15, 0.2) is 42.5 Å². The summed E-state index contributed by atoms with van der Waals surface area (Å²) in [5.74, 6) is 2.45. The molecule has 1 N–H and O–H groups in total. The van der Waals surface area contributed by atoms with Crippen molar-refractivity contribution in [3.63, 3.8) is 0 Å². The molecule has 22 heavy (non-hydrogen) atoms. The standard InChI is InChI=1S/C18H19NO3/c1-12-5-3-4-6-15(12)22-17-9-13(7-8-16(17)21-2)14-10-18(20)19-11-14/h3-9,14H,10-11H2,1-2H3,(H,19,20). The summed E-state index contributed by atoms with van der Waals surface area (Å²) in [5.41, 5.74) is 2.15. The maximum atomic E-state index is 11.4. The Morgan fingerprint density at radius 1 is 1.09 bits per heavy atom. The van der Waals surface area contributed by atoms with Crippen LogP contribution in [-0.2, 0) is 4.79 Å². The molecule has 1 aliphatic heterocycles. The molecule has 0 spiro atoms. The maximum Gasteiger partial charge on any atom is 0.220 e. The van der Waals surface area contributed by atoms with E-state index in [1.54, 1.807) is 7.11 Å². The van der Waals surface area contributed by atoms with Gasteiger partial charge in [0.25, 0.3) is 0 Å². The number of carbonyl (C=O) groups excluding carboxylic acids is 1. The number of para-hydroxylation sites is 1. The quantitative estimate of drug-likeness (QED) is 0.941. The minimum atomic E-state index is 0.0993. The molecule has 1 unspecified atom stereocenters. The first-order valence-corrected chi connectivity index (χ1v) is 7.35. The molecule has 2 aromatic rings. The van der Waals surface area contributed by atoms with Crippen LogP contribution >= 0.6 is 0 Å². The Labute approximate surface area is 130 Å². The van der Waals surface area contributed by atoms with Crippen LogP contribution in [0.3, 0.4) is 0 Å². The van der Waals surface area contributed by atoms with Gasteiger partial charge in [0.15, 0.2) is 11.5 Å². The van der Waals surface area contributed by atoms with Gasteiger partial charge in [-0.3, -0.25) is 4.79 Å². The fourth-order valence-electron chi connectivity index (χ4n) is 2.66. The molecule has 4 heteroatoms. The van der Waals surface area contributed by atoms with Gasteiger partial charge in [0.2, 0.25) is 5.91 Å². The first-order valence-electron chi connectivity index (χ1n) is 7.35. The van der Waals surface area contributed by atoms with Crippen LogP contribution in [0.1, 0.15) is 23.5 Å². The largest absolute Gasteiger partial charge is 0.493 e. The number of amides is 1. The summed E-state index contributed by atoms with van der Waals surface area (Å²) >= 11 is 0. The lowest BCUT2D eigenvalue weighted by atomic mass is 9.98. The normalized spacial score (nSPS) is 17.2. The molecular weight excluding hydrogens is 278 g/mol. The molecule has 114 valence electrons. The minimum absolute atomic E-state index is 0.0993. The summed E-state index contributed by atoms with van der Waals surface area (Å²) in [5, 5.41) is 2.86. The zero-order valence-corrected chi connectivity index (χ0v) is 12.8. The highest BCUT2D eigenvalue weighted by atomic mass is 16.5. The fraction of sp³-hybridized carbons (Fsp3) is 0.278. The van der Waals surface area contributed by atoms with E-state index in [0.717, 1.165) is 16.9 Å². The Balaban J connectivity index is 1.91. The molecule has 1 saturated heterocycles. The van der Waals surface area contributed by atoms with Crippen molar-refractivity contribution in [3.8, 4) is 17.2 Å². The van der Waals surface area contributed by atoms with Crippen LogP contribution in [0.25, 0.3) is 0 Å². The average molecular weight is 297 g/mol. The Hall–Kier alpha value is -2.49. The van der Waals surface area contributed by atoms with E-state index in [4.69, 9.17) is 9.47 Å². The summed E-state index contributed by atoms with van der Waals surface area (Å²) in [7, 11) is 1.63. The van der Waals surface area contributed by atoms with E-state index in [-0.39, 0.29) is 11.8 Å². The Morgan fingerprint density at radius 2 is 1.91 bits per heavy atom. The van der Waals surface area contributed by atoms with Crippen molar-refractivity contribution < 1.29 is 14.3 Å². The lowest BCUT2D eigenvalue weighted by molar-refractivity contribution is -0.119. The Kier molecular flexibility index (Phi) is 4.00. The van der Waals surface area contributed by atoms with E-state index >= 15 is 0 Å². The van der Waals surface area contributed by atoms with Crippen LogP contribution in [-0.4, -0.2) is 19.6 Å². The molecule has 0 radical (unpaired) electrons. The van der Waals surface area contributed by atoms with E-state index in [2.05, 4.69) is 5.32 Å². The molecule has 0 bridgehead atoms. The second kappa shape index (κ2) is 6.10. The van der Waals surface area contributed by atoms with Crippen LogP contribution in [0.4, 0.5) is 0 Å². The van der Waals surface area contributed by atoms with E-state index in [9.17, 15) is 4.79 Å². The van der Waals surface area contributed by atoms with Gasteiger partial charge >= 0.3 is 0 Å². The second-order valence-electron chi connectivity index (χ2n) is 5.48. The molecule has 1 amide bonds. The molecule has 1 fully saturated rings. The van der Waals surface area contributed by atoms with Gasteiger partial charge in [0.1, 0.15) is 5.75 Å². The van der Waals surface area contributed by atoms with Crippen molar-refractivity contribution in [2.24, 2.45) is 0 Å². The van der Waals surface area contributed by atoms with Crippen molar-refractivity contribution in [1.29, 1.82) is 0 Å². The SMILES string of the molecule is COc1ccc(C2CNC(=O)C2)cc1Oc1ccccc1C. The molecular formula is C18H19NO3. The second-order valence-corrected chi connectivity index (χ2v) is 5.48. The van der Waals surface area contributed by atoms with Crippen molar-refractivity contribution in [1.82, 2.24) is 5.32 Å². The van der Waals surface area contributed by atoms with Gasteiger partial charge in [-0.1, -0.05) is 24.3 Å². The van der Waals surface area contributed by atoms with Gasteiger partial charge < -0.3 is 14.8 Å². The fourth-order valence-corrected chi connectivity index (χ4v) is 2.66. The average Bonchev–Trinajstić information content (AvgIpc) is 2.96. The summed E-state index contributed by atoms with van der Waals surface area (Å²) in [4.78, 5) is 11.4. The monoisotopic (exact) mass is 297 g/mol. The smallest absolute Gasteiger partial charge is 0.220 e. The van der Waals surface area contributed by atoms with Gasteiger partial charge in [-0.05, 0) is 36.2 Å². The van der Waals surface area contributed by atoms with Crippen molar-refractivity contribution in [2.45, 2.75) is 19.3 Å². The van der Waals surface area contributed by atoms with E-state index in [1.165, 1.54) is 0 Å². The summed E-state index contributed by atoms with van der Waals surface area (Å²) in [6.45, 7) is 2.68. The molecule has 4 nitrogen and oxygen atoms in total. The lowest BCUT2D eigenvalue weighted by Gasteiger charge is -2.15. The maximum absolute atomic E-state index is 11.4. The summed E-state index contributed by atoms with van der Waals surface area (Å²) in [6, 6.07) is 13.7. The molecule has 0 saturated carbocycles.